The Hall–Kier alpha value is -2.76. The van der Waals surface area contributed by atoms with Crippen LogP contribution in [0.25, 0.3) is 0 Å². The Morgan fingerprint density at radius 3 is 2.33 bits per heavy atom. The number of nitrogens with one attached hydrogen (secondary N) is 1. The summed E-state index contributed by atoms with van der Waals surface area (Å²) < 4.78 is 0. The summed E-state index contributed by atoms with van der Waals surface area (Å²) in [5, 5.41) is 3.67. The van der Waals surface area contributed by atoms with Gasteiger partial charge in [-0.25, -0.2) is 0 Å². The number of hydrogen-bond donors (Lipinski definition) is 1. The minimum Gasteiger partial charge on any atom is -0.354 e. The number of carbonyl (C=O) groups excluding carboxylic acids is 2. The van der Waals surface area contributed by atoms with Crippen LogP contribution >= 0.6 is 23.4 Å². The molecular formula is C30H35ClN2O2S. The lowest BCUT2D eigenvalue weighted by molar-refractivity contribution is -0.139. The van der Waals surface area contributed by atoms with Gasteiger partial charge in [-0.05, 0) is 47.2 Å². The van der Waals surface area contributed by atoms with Crippen LogP contribution in [0.4, 0.5) is 0 Å². The van der Waals surface area contributed by atoms with Crippen molar-refractivity contribution in [3.63, 3.8) is 0 Å². The fourth-order valence-electron chi connectivity index (χ4n) is 3.91. The van der Waals surface area contributed by atoms with E-state index in [0.29, 0.717) is 30.5 Å². The summed E-state index contributed by atoms with van der Waals surface area (Å²) in [7, 11) is 0. The van der Waals surface area contributed by atoms with Gasteiger partial charge in [-0.2, -0.15) is 0 Å². The summed E-state index contributed by atoms with van der Waals surface area (Å²) in [5.41, 5.74) is 4.34. The van der Waals surface area contributed by atoms with Crippen LogP contribution in [-0.4, -0.2) is 35.1 Å². The van der Waals surface area contributed by atoms with Gasteiger partial charge in [0.2, 0.25) is 11.8 Å². The molecule has 0 radical (unpaired) electrons. The van der Waals surface area contributed by atoms with E-state index in [-0.39, 0.29) is 17.6 Å². The van der Waals surface area contributed by atoms with E-state index < -0.39 is 6.04 Å². The molecule has 0 unspecified atom stereocenters. The Morgan fingerprint density at radius 2 is 1.64 bits per heavy atom. The van der Waals surface area contributed by atoms with Crippen molar-refractivity contribution in [2.24, 2.45) is 5.92 Å². The van der Waals surface area contributed by atoms with E-state index in [4.69, 9.17) is 11.6 Å². The van der Waals surface area contributed by atoms with Crippen molar-refractivity contribution in [2.75, 3.05) is 12.3 Å². The second-order valence-electron chi connectivity index (χ2n) is 9.42. The maximum absolute atomic E-state index is 13.7. The van der Waals surface area contributed by atoms with Crippen LogP contribution in [-0.2, 0) is 28.3 Å². The van der Waals surface area contributed by atoms with Crippen LogP contribution in [0, 0.1) is 12.8 Å². The molecule has 1 N–H and O–H groups in total. The number of carbonyl (C=O) groups is 2. The van der Waals surface area contributed by atoms with Crippen LogP contribution in [0.15, 0.2) is 78.9 Å². The molecule has 36 heavy (non-hydrogen) atoms. The van der Waals surface area contributed by atoms with Crippen molar-refractivity contribution in [1.29, 1.82) is 0 Å². The number of thioether (sulfide) groups is 1. The SMILES string of the molecule is Cc1ccccc1CSCC(=O)N(Cc1cccc(Cl)c1)[C@@H](Cc1ccccc1)C(=O)NCC(C)C. The van der Waals surface area contributed by atoms with Crippen molar-refractivity contribution < 1.29 is 9.59 Å². The van der Waals surface area contributed by atoms with Crippen molar-refractivity contribution >= 4 is 35.2 Å². The standard InChI is InChI=1S/C30H35ClN2O2S/c1-22(2)18-32-30(35)28(17-24-11-5-4-6-12-24)33(19-25-13-9-15-27(31)16-25)29(34)21-36-20-26-14-8-7-10-23(26)3/h4-16,22,28H,17-21H2,1-3H3,(H,32,35)/t28-/m0/s1. The maximum Gasteiger partial charge on any atom is 0.243 e. The lowest BCUT2D eigenvalue weighted by atomic mass is 10.0. The van der Waals surface area contributed by atoms with E-state index in [1.807, 2.05) is 66.7 Å². The van der Waals surface area contributed by atoms with Gasteiger partial charge >= 0.3 is 0 Å². The minimum absolute atomic E-state index is 0.0609. The molecular weight excluding hydrogens is 488 g/mol. The number of nitrogens with zero attached hydrogens (tertiary/aromatic N) is 1. The predicted octanol–water partition coefficient (Wildman–Crippen LogP) is 6.29. The lowest BCUT2D eigenvalue weighted by Gasteiger charge is -2.32. The molecule has 4 nitrogen and oxygen atoms in total. The van der Waals surface area contributed by atoms with Gasteiger partial charge in [-0.3, -0.25) is 9.59 Å². The molecule has 0 aliphatic rings. The maximum atomic E-state index is 13.7. The zero-order valence-electron chi connectivity index (χ0n) is 21.2. The Bertz CT molecular complexity index is 1140. The largest absolute Gasteiger partial charge is 0.354 e. The highest BCUT2D eigenvalue weighted by Gasteiger charge is 2.30. The summed E-state index contributed by atoms with van der Waals surface area (Å²) in [6.45, 7) is 7.08. The molecule has 1 atom stereocenters. The quantitative estimate of drug-likeness (QED) is 0.304. The first-order valence-corrected chi connectivity index (χ1v) is 13.8. The number of benzene rings is 3. The molecule has 0 saturated heterocycles. The van der Waals surface area contributed by atoms with Crippen molar-refractivity contribution in [2.45, 2.75) is 45.5 Å². The summed E-state index contributed by atoms with van der Waals surface area (Å²) in [6.07, 6.45) is 0.444. The number of rotatable bonds is 12. The molecule has 3 aromatic rings. The molecule has 6 heteroatoms. The fraction of sp³-hybridized carbons (Fsp3) is 0.333. The second kappa shape index (κ2) is 14.1. The van der Waals surface area contributed by atoms with E-state index in [1.54, 1.807) is 16.7 Å². The van der Waals surface area contributed by atoms with E-state index in [9.17, 15) is 9.59 Å². The lowest BCUT2D eigenvalue weighted by Crippen LogP contribution is -2.51. The Morgan fingerprint density at radius 1 is 0.944 bits per heavy atom. The second-order valence-corrected chi connectivity index (χ2v) is 10.8. The highest BCUT2D eigenvalue weighted by atomic mass is 35.5. The Balaban J connectivity index is 1.85. The molecule has 0 aromatic heterocycles. The molecule has 0 aliphatic carbocycles. The molecule has 3 aromatic carbocycles. The third-order valence-corrected chi connectivity index (χ3v) is 7.14. The smallest absolute Gasteiger partial charge is 0.243 e. The van der Waals surface area contributed by atoms with Crippen molar-refractivity contribution in [1.82, 2.24) is 10.2 Å². The van der Waals surface area contributed by atoms with Crippen LogP contribution in [0.5, 0.6) is 0 Å². The van der Waals surface area contributed by atoms with E-state index >= 15 is 0 Å². The molecule has 0 bridgehead atoms. The van der Waals surface area contributed by atoms with E-state index in [1.165, 1.54) is 11.1 Å². The Labute approximate surface area is 224 Å². The van der Waals surface area contributed by atoms with Crippen LogP contribution < -0.4 is 5.32 Å². The van der Waals surface area contributed by atoms with Gasteiger partial charge in [0.05, 0.1) is 5.75 Å². The summed E-state index contributed by atoms with van der Waals surface area (Å²) >= 11 is 7.82. The zero-order chi connectivity index (χ0) is 25.9. The first-order chi connectivity index (χ1) is 17.3. The summed E-state index contributed by atoms with van der Waals surface area (Å²) in [5.74, 6) is 1.15. The highest BCUT2D eigenvalue weighted by Crippen LogP contribution is 2.21. The molecule has 0 fully saturated rings. The van der Waals surface area contributed by atoms with Gasteiger partial charge in [0.15, 0.2) is 0 Å². The van der Waals surface area contributed by atoms with Gasteiger partial charge < -0.3 is 10.2 Å². The summed E-state index contributed by atoms with van der Waals surface area (Å²) in [6, 6.07) is 24.9. The Kier molecular flexibility index (Phi) is 10.9. The number of halogens is 1. The third-order valence-electron chi connectivity index (χ3n) is 5.94. The average molecular weight is 523 g/mol. The van der Waals surface area contributed by atoms with Crippen molar-refractivity contribution in [3.8, 4) is 0 Å². The predicted molar refractivity (Wildman–Crippen MR) is 151 cm³/mol. The van der Waals surface area contributed by atoms with E-state index in [0.717, 1.165) is 16.9 Å². The van der Waals surface area contributed by atoms with Crippen molar-refractivity contribution in [3.05, 3.63) is 106 Å². The molecule has 3 rings (SSSR count). The third kappa shape index (κ3) is 8.72. The van der Waals surface area contributed by atoms with Crippen LogP contribution in [0.1, 0.15) is 36.1 Å². The van der Waals surface area contributed by atoms with Crippen LogP contribution in [0.2, 0.25) is 5.02 Å². The molecule has 2 amide bonds. The number of hydrogen-bond acceptors (Lipinski definition) is 3. The zero-order valence-corrected chi connectivity index (χ0v) is 22.8. The van der Waals surface area contributed by atoms with Gasteiger partial charge in [0.25, 0.3) is 0 Å². The fourth-order valence-corrected chi connectivity index (χ4v) is 5.11. The average Bonchev–Trinajstić information content (AvgIpc) is 2.86. The normalized spacial score (nSPS) is 11.8. The highest BCUT2D eigenvalue weighted by molar-refractivity contribution is 7.99. The topological polar surface area (TPSA) is 49.4 Å². The molecule has 0 aliphatic heterocycles. The molecule has 0 saturated carbocycles. The first-order valence-electron chi connectivity index (χ1n) is 12.3. The van der Waals surface area contributed by atoms with Gasteiger partial charge in [0.1, 0.15) is 6.04 Å². The monoisotopic (exact) mass is 522 g/mol. The van der Waals surface area contributed by atoms with Gasteiger partial charge in [0, 0.05) is 30.3 Å². The van der Waals surface area contributed by atoms with Gasteiger partial charge in [-0.15, -0.1) is 11.8 Å². The summed E-state index contributed by atoms with van der Waals surface area (Å²) in [4.78, 5) is 28.9. The number of amides is 2. The van der Waals surface area contributed by atoms with E-state index in [2.05, 4.69) is 38.2 Å². The minimum atomic E-state index is -0.628. The van der Waals surface area contributed by atoms with Gasteiger partial charge in [-0.1, -0.05) is 92.2 Å². The first kappa shape index (κ1) is 27.8. The van der Waals surface area contributed by atoms with Crippen LogP contribution in [0.3, 0.4) is 0 Å². The number of aryl methyl sites for hydroxylation is 1. The molecule has 0 heterocycles. The molecule has 190 valence electrons. The molecule has 0 spiro atoms.